The fraction of sp³-hybridized carbons (Fsp3) is 0.217. The number of anilines is 1. The van der Waals surface area contributed by atoms with Crippen LogP contribution in [-0.2, 0) is 22.4 Å². The molecule has 0 spiro atoms. The zero-order valence-electron chi connectivity index (χ0n) is 17.0. The van der Waals surface area contributed by atoms with Crippen LogP contribution in [0, 0.1) is 21.4 Å². The number of carbonyl (C=O) groups is 2. The van der Waals surface area contributed by atoms with Crippen molar-refractivity contribution in [2.24, 2.45) is 0 Å². The summed E-state index contributed by atoms with van der Waals surface area (Å²) in [5.74, 6) is -1.27. The molecule has 1 aliphatic carbocycles. The molecule has 0 aliphatic heterocycles. The molecule has 1 aliphatic rings. The summed E-state index contributed by atoms with van der Waals surface area (Å²) >= 11 is 0. The number of aromatic nitrogens is 1. The number of fused-ring (bicyclic) bond motifs is 2. The third-order valence-corrected chi connectivity index (χ3v) is 5.32. The number of amides is 1. The smallest absolute Gasteiger partial charge is 0.339 e. The van der Waals surface area contributed by atoms with E-state index in [-0.39, 0.29) is 16.9 Å². The van der Waals surface area contributed by atoms with Gasteiger partial charge in [0.05, 0.1) is 27.3 Å². The minimum Gasteiger partial charge on any atom is -0.452 e. The molecule has 1 N–H and O–H groups in total. The van der Waals surface area contributed by atoms with E-state index in [0.717, 1.165) is 43.0 Å². The lowest BCUT2D eigenvalue weighted by atomic mass is 9.90. The number of hydrogen-bond donors (Lipinski definition) is 1. The molecule has 0 unspecified atom stereocenters. The standard InChI is InChI=1S/C23H18N4O5/c24-12-14-11-15(27(30)31)9-10-18(14)26-21(28)13-32-23(29)22-16-5-1-3-7-19(16)25-20-8-4-2-6-17(20)22/h1,3,5,7,9-11H,2,4,6,8,13H2,(H,26,28). The lowest BCUT2D eigenvalue weighted by Crippen LogP contribution is -2.23. The van der Waals surface area contributed by atoms with Crippen molar-refractivity contribution in [1.82, 2.24) is 4.98 Å². The van der Waals surface area contributed by atoms with Gasteiger partial charge in [-0.15, -0.1) is 0 Å². The van der Waals surface area contributed by atoms with Gasteiger partial charge in [0.15, 0.2) is 6.61 Å². The molecule has 1 aromatic heterocycles. The highest BCUT2D eigenvalue weighted by atomic mass is 16.6. The molecule has 32 heavy (non-hydrogen) atoms. The Hall–Kier alpha value is -4.32. The minimum atomic E-state index is -0.657. The summed E-state index contributed by atoms with van der Waals surface area (Å²) in [6.07, 6.45) is 3.46. The number of benzene rings is 2. The lowest BCUT2D eigenvalue weighted by Gasteiger charge is -2.20. The molecule has 0 saturated heterocycles. The van der Waals surface area contributed by atoms with Gasteiger partial charge in [-0.25, -0.2) is 4.79 Å². The first-order valence-electron chi connectivity index (χ1n) is 10.0. The number of rotatable bonds is 5. The van der Waals surface area contributed by atoms with Crippen LogP contribution in [0.5, 0.6) is 0 Å². The predicted molar refractivity (Wildman–Crippen MR) is 115 cm³/mol. The van der Waals surface area contributed by atoms with Crippen LogP contribution in [0.2, 0.25) is 0 Å². The van der Waals surface area contributed by atoms with Gasteiger partial charge in [-0.1, -0.05) is 18.2 Å². The van der Waals surface area contributed by atoms with Gasteiger partial charge in [0.25, 0.3) is 11.6 Å². The molecular formula is C23H18N4O5. The summed E-state index contributed by atoms with van der Waals surface area (Å²) < 4.78 is 5.30. The van der Waals surface area contributed by atoms with E-state index in [1.54, 1.807) is 0 Å². The van der Waals surface area contributed by atoms with E-state index in [2.05, 4.69) is 10.3 Å². The molecule has 0 radical (unpaired) electrons. The highest BCUT2D eigenvalue weighted by Gasteiger charge is 2.24. The summed E-state index contributed by atoms with van der Waals surface area (Å²) in [4.78, 5) is 40.2. The van der Waals surface area contributed by atoms with Crippen LogP contribution >= 0.6 is 0 Å². The van der Waals surface area contributed by atoms with Crippen LogP contribution in [-0.4, -0.2) is 28.4 Å². The number of nitriles is 1. The first-order chi connectivity index (χ1) is 15.5. The third kappa shape index (κ3) is 4.11. The number of non-ortho nitro benzene ring substituents is 1. The third-order valence-electron chi connectivity index (χ3n) is 5.32. The Kier molecular flexibility index (Phi) is 5.77. The summed E-state index contributed by atoms with van der Waals surface area (Å²) in [7, 11) is 0. The number of para-hydroxylation sites is 1. The monoisotopic (exact) mass is 430 g/mol. The van der Waals surface area contributed by atoms with Gasteiger partial charge in [0, 0.05) is 23.2 Å². The topological polar surface area (TPSA) is 135 Å². The van der Waals surface area contributed by atoms with Crippen LogP contribution in [0.15, 0.2) is 42.5 Å². The van der Waals surface area contributed by atoms with Crippen LogP contribution in [0.4, 0.5) is 11.4 Å². The molecule has 160 valence electrons. The van der Waals surface area contributed by atoms with Crippen LogP contribution in [0.3, 0.4) is 0 Å². The van der Waals surface area contributed by atoms with E-state index < -0.39 is 23.4 Å². The highest BCUT2D eigenvalue weighted by Crippen LogP contribution is 2.30. The van der Waals surface area contributed by atoms with Gasteiger partial charge in [0.2, 0.25) is 0 Å². The van der Waals surface area contributed by atoms with E-state index in [9.17, 15) is 25.0 Å². The van der Waals surface area contributed by atoms with E-state index >= 15 is 0 Å². The van der Waals surface area contributed by atoms with Crippen molar-refractivity contribution in [3.05, 3.63) is 75.0 Å². The number of esters is 1. The summed E-state index contributed by atoms with van der Waals surface area (Å²) in [5.41, 5.74) is 2.66. The van der Waals surface area contributed by atoms with Gasteiger partial charge in [0.1, 0.15) is 6.07 Å². The Labute approximate surface area is 182 Å². The van der Waals surface area contributed by atoms with Crippen LogP contribution in [0.1, 0.15) is 40.0 Å². The Bertz CT molecular complexity index is 1300. The number of hydrogen-bond acceptors (Lipinski definition) is 7. The van der Waals surface area contributed by atoms with Crippen LogP contribution < -0.4 is 5.32 Å². The van der Waals surface area contributed by atoms with E-state index in [1.165, 1.54) is 12.1 Å². The number of ether oxygens (including phenoxy) is 1. The predicted octanol–water partition coefficient (Wildman–Crippen LogP) is 3.69. The van der Waals surface area contributed by atoms with Gasteiger partial charge in [-0.3, -0.25) is 19.9 Å². The number of nitro groups is 1. The molecule has 0 saturated carbocycles. The second kappa shape index (κ2) is 8.81. The lowest BCUT2D eigenvalue weighted by molar-refractivity contribution is -0.384. The quantitative estimate of drug-likeness (QED) is 0.370. The fourth-order valence-corrected chi connectivity index (χ4v) is 3.84. The Morgan fingerprint density at radius 1 is 1.19 bits per heavy atom. The molecular weight excluding hydrogens is 412 g/mol. The maximum Gasteiger partial charge on any atom is 0.339 e. The minimum absolute atomic E-state index is 0.0620. The van der Waals surface area contributed by atoms with E-state index in [0.29, 0.717) is 16.5 Å². The van der Waals surface area contributed by atoms with Crippen molar-refractivity contribution in [2.75, 3.05) is 11.9 Å². The van der Waals surface area contributed by atoms with Crippen LogP contribution in [0.25, 0.3) is 10.9 Å². The number of nitrogens with one attached hydrogen (secondary N) is 1. The first kappa shape index (κ1) is 20.9. The maximum atomic E-state index is 13.0. The first-order valence-corrected chi connectivity index (χ1v) is 10.0. The summed E-state index contributed by atoms with van der Waals surface area (Å²) in [5, 5.41) is 23.2. The molecule has 1 amide bonds. The molecule has 0 atom stereocenters. The molecule has 0 bridgehead atoms. The Morgan fingerprint density at radius 3 is 2.75 bits per heavy atom. The zero-order chi connectivity index (χ0) is 22.7. The largest absolute Gasteiger partial charge is 0.452 e. The van der Waals surface area contributed by atoms with Crippen molar-refractivity contribution < 1.29 is 19.2 Å². The molecule has 9 heteroatoms. The average Bonchev–Trinajstić information content (AvgIpc) is 2.81. The van der Waals surface area contributed by atoms with Gasteiger partial charge in [-0.05, 0) is 43.4 Å². The summed E-state index contributed by atoms with van der Waals surface area (Å²) in [6, 6.07) is 12.6. The molecule has 1 heterocycles. The van der Waals surface area contributed by atoms with Crippen molar-refractivity contribution in [3.8, 4) is 6.07 Å². The Balaban J connectivity index is 1.53. The van der Waals surface area contributed by atoms with Gasteiger partial charge in [-0.2, -0.15) is 5.26 Å². The highest BCUT2D eigenvalue weighted by molar-refractivity contribution is 6.06. The van der Waals surface area contributed by atoms with E-state index in [4.69, 9.17) is 4.74 Å². The van der Waals surface area contributed by atoms with Crippen molar-refractivity contribution in [1.29, 1.82) is 5.26 Å². The molecule has 0 fully saturated rings. The number of pyridine rings is 1. The second-order valence-electron chi connectivity index (χ2n) is 7.36. The molecule has 4 rings (SSSR count). The number of nitro benzene ring substituents is 1. The molecule has 9 nitrogen and oxygen atoms in total. The zero-order valence-corrected chi connectivity index (χ0v) is 17.0. The number of nitrogens with zero attached hydrogens (tertiary/aromatic N) is 3. The normalized spacial score (nSPS) is 12.5. The van der Waals surface area contributed by atoms with E-state index in [1.807, 2.05) is 30.3 Å². The fourth-order valence-electron chi connectivity index (χ4n) is 3.84. The maximum absolute atomic E-state index is 13.0. The van der Waals surface area contributed by atoms with Crippen molar-refractivity contribution in [2.45, 2.75) is 25.7 Å². The molecule has 2 aromatic carbocycles. The molecule has 3 aromatic rings. The number of carbonyl (C=O) groups excluding carboxylic acids is 2. The van der Waals surface area contributed by atoms with Crippen molar-refractivity contribution >= 4 is 34.2 Å². The average molecular weight is 430 g/mol. The van der Waals surface area contributed by atoms with Crippen molar-refractivity contribution in [3.63, 3.8) is 0 Å². The van der Waals surface area contributed by atoms with Gasteiger partial charge < -0.3 is 10.1 Å². The van der Waals surface area contributed by atoms with Gasteiger partial charge >= 0.3 is 5.97 Å². The second-order valence-corrected chi connectivity index (χ2v) is 7.36. The summed E-state index contributed by atoms with van der Waals surface area (Å²) in [6.45, 7) is -0.563. The Morgan fingerprint density at radius 2 is 1.97 bits per heavy atom. The SMILES string of the molecule is N#Cc1cc([N+](=O)[O-])ccc1NC(=O)COC(=O)c1c2c(nc3ccccc13)CCCC2. The number of aryl methyl sites for hydroxylation is 1.